The van der Waals surface area contributed by atoms with E-state index in [9.17, 15) is 5.26 Å². The van der Waals surface area contributed by atoms with Crippen LogP contribution in [0.25, 0.3) is 16.7 Å². The second-order valence-corrected chi connectivity index (χ2v) is 7.77. The molecule has 1 aliphatic carbocycles. The van der Waals surface area contributed by atoms with Crippen molar-refractivity contribution in [2.75, 3.05) is 11.4 Å². The largest absolute Gasteiger partial charge is 0.355 e. The van der Waals surface area contributed by atoms with Gasteiger partial charge in [-0.25, -0.2) is 4.98 Å². The Morgan fingerprint density at radius 1 is 1.08 bits per heavy atom. The van der Waals surface area contributed by atoms with Gasteiger partial charge in [-0.3, -0.25) is 4.40 Å². The molecule has 132 valence electrons. The number of hydrogen-bond donors (Lipinski definition) is 0. The summed E-state index contributed by atoms with van der Waals surface area (Å²) in [6.07, 6.45) is 8.26. The second kappa shape index (κ2) is 6.02. The van der Waals surface area contributed by atoms with Crippen LogP contribution in [0.5, 0.6) is 0 Å². The third-order valence-corrected chi connectivity index (χ3v) is 6.22. The fourth-order valence-corrected chi connectivity index (χ4v) is 4.94. The Hall–Kier alpha value is -2.54. The molecule has 0 saturated carbocycles. The van der Waals surface area contributed by atoms with Crippen molar-refractivity contribution in [3.63, 3.8) is 0 Å². The summed E-state index contributed by atoms with van der Waals surface area (Å²) in [5, 5.41) is 9.95. The molecule has 3 heterocycles. The van der Waals surface area contributed by atoms with E-state index in [2.05, 4.69) is 40.5 Å². The van der Waals surface area contributed by atoms with Crippen LogP contribution in [0.15, 0.2) is 24.3 Å². The summed E-state index contributed by atoms with van der Waals surface area (Å²) in [5.74, 6) is 1.31. The van der Waals surface area contributed by atoms with Crippen LogP contribution < -0.4 is 4.90 Å². The number of imidazole rings is 1. The molecule has 0 spiro atoms. The second-order valence-electron chi connectivity index (χ2n) is 7.77. The van der Waals surface area contributed by atoms with Crippen LogP contribution >= 0.6 is 0 Å². The maximum absolute atomic E-state index is 9.95. The molecule has 1 unspecified atom stereocenters. The number of hydrogen-bond acceptors (Lipinski definition) is 3. The molecule has 26 heavy (non-hydrogen) atoms. The monoisotopic (exact) mass is 344 g/mol. The predicted molar refractivity (Wildman–Crippen MR) is 105 cm³/mol. The molecular formula is C22H24N4. The summed E-state index contributed by atoms with van der Waals surface area (Å²) in [5.41, 5.74) is 6.41. The molecule has 2 aromatic heterocycles. The molecule has 2 aliphatic rings. The van der Waals surface area contributed by atoms with E-state index in [-0.39, 0.29) is 0 Å². The van der Waals surface area contributed by atoms with Crippen molar-refractivity contribution in [3.05, 3.63) is 41.0 Å². The molecule has 3 aromatic rings. The lowest BCUT2D eigenvalue weighted by molar-refractivity contribution is 0.477. The standard InChI is InChI=1S/C22H24N4/c1-15-8-6-7-13-25(15)22-17-10-3-2-9-16(17)18(14-23)21-24-19-11-4-5-12-20(19)26(21)22/h4-5,11-12,15H,2-3,6-10,13H2,1H3. The Morgan fingerprint density at radius 3 is 2.69 bits per heavy atom. The van der Waals surface area contributed by atoms with Gasteiger partial charge in [0, 0.05) is 12.6 Å². The summed E-state index contributed by atoms with van der Waals surface area (Å²) in [4.78, 5) is 7.48. The lowest BCUT2D eigenvalue weighted by Gasteiger charge is -2.38. The number of pyridine rings is 1. The maximum atomic E-state index is 9.95. The first-order valence-corrected chi connectivity index (χ1v) is 9.91. The van der Waals surface area contributed by atoms with Crippen LogP contribution in [0.2, 0.25) is 0 Å². The van der Waals surface area contributed by atoms with Crippen molar-refractivity contribution in [2.24, 2.45) is 0 Å². The molecule has 1 aliphatic heterocycles. The Balaban J connectivity index is 1.93. The normalized spacial score (nSPS) is 20.3. The zero-order valence-electron chi connectivity index (χ0n) is 15.3. The number of para-hydroxylation sites is 2. The van der Waals surface area contributed by atoms with Crippen LogP contribution in [0.1, 0.15) is 55.7 Å². The van der Waals surface area contributed by atoms with Crippen LogP contribution in [0.3, 0.4) is 0 Å². The SMILES string of the molecule is CC1CCCCN1c1c2c(c(C#N)c3nc4ccccc4n13)CCCC2. The molecule has 1 atom stereocenters. The first-order chi connectivity index (χ1) is 12.8. The summed E-state index contributed by atoms with van der Waals surface area (Å²) < 4.78 is 2.29. The molecule has 4 heteroatoms. The highest BCUT2D eigenvalue weighted by molar-refractivity contribution is 5.86. The minimum atomic E-state index is 0.534. The van der Waals surface area contributed by atoms with Gasteiger partial charge < -0.3 is 4.90 Å². The van der Waals surface area contributed by atoms with Crippen molar-refractivity contribution < 1.29 is 0 Å². The van der Waals surface area contributed by atoms with E-state index in [1.165, 1.54) is 49.0 Å². The smallest absolute Gasteiger partial charge is 0.157 e. The Kier molecular flexibility index (Phi) is 3.63. The van der Waals surface area contributed by atoms with Gasteiger partial charge in [-0.2, -0.15) is 5.26 Å². The number of nitrogens with zero attached hydrogens (tertiary/aromatic N) is 4. The minimum absolute atomic E-state index is 0.534. The Bertz CT molecular complexity index is 1040. The zero-order chi connectivity index (χ0) is 17.7. The van der Waals surface area contributed by atoms with Gasteiger partial charge in [0.25, 0.3) is 0 Å². The van der Waals surface area contributed by atoms with Crippen molar-refractivity contribution >= 4 is 22.5 Å². The van der Waals surface area contributed by atoms with Crippen LogP contribution in [-0.4, -0.2) is 22.0 Å². The zero-order valence-corrected chi connectivity index (χ0v) is 15.3. The Morgan fingerprint density at radius 2 is 1.88 bits per heavy atom. The molecule has 0 amide bonds. The highest BCUT2D eigenvalue weighted by atomic mass is 15.3. The third-order valence-electron chi connectivity index (χ3n) is 6.22. The maximum Gasteiger partial charge on any atom is 0.157 e. The molecule has 5 rings (SSSR count). The quantitative estimate of drug-likeness (QED) is 0.647. The molecule has 1 saturated heterocycles. The fourth-order valence-electron chi connectivity index (χ4n) is 4.94. The van der Waals surface area contributed by atoms with Gasteiger partial charge in [-0.1, -0.05) is 12.1 Å². The third kappa shape index (κ3) is 2.16. The number of piperidine rings is 1. The first-order valence-electron chi connectivity index (χ1n) is 9.91. The number of fused-ring (bicyclic) bond motifs is 4. The predicted octanol–water partition coefficient (Wildman–Crippen LogP) is 4.62. The van der Waals surface area contributed by atoms with Gasteiger partial charge in [0.2, 0.25) is 0 Å². The van der Waals surface area contributed by atoms with Crippen molar-refractivity contribution in [2.45, 2.75) is 57.9 Å². The summed E-state index contributed by atoms with van der Waals surface area (Å²) in [6, 6.07) is 11.3. The number of nitriles is 1. The van der Waals surface area contributed by atoms with Crippen molar-refractivity contribution in [3.8, 4) is 6.07 Å². The van der Waals surface area contributed by atoms with E-state index in [0.29, 0.717) is 6.04 Å². The molecule has 0 radical (unpaired) electrons. The summed E-state index contributed by atoms with van der Waals surface area (Å²) in [6.45, 7) is 3.44. The molecular weight excluding hydrogens is 320 g/mol. The average molecular weight is 344 g/mol. The molecule has 1 fully saturated rings. The lowest BCUT2D eigenvalue weighted by Crippen LogP contribution is -2.39. The average Bonchev–Trinajstić information content (AvgIpc) is 3.06. The first kappa shape index (κ1) is 15.7. The van der Waals surface area contributed by atoms with E-state index in [0.717, 1.165) is 41.6 Å². The molecule has 0 N–H and O–H groups in total. The van der Waals surface area contributed by atoms with E-state index < -0.39 is 0 Å². The number of benzene rings is 1. The molecule has 0 bridgehead atoms. The fraction of sp³-hybridized carbons (Fsp3) is 0.455. The van der Waals surface area contributed by atoms with Gasteiger partial charge in [-0.15, -0.1) is 0 Å². The van der Waals surface area contributed by atoms with Gasteiger partial charge in [0.1, 0.15) is 11.9 Å². The van der Waals surface area contributed by atoms with E-state index in [1.807, 2.05) is 6.07 Å². The lowest BCUT2D eigenvalue weighted by atomic mass is 9.88. The summed E-state index contributed by atoms with van der Waals surface area (Å²) >= 11 is 0. The highest BCUT2D eigenvalue weighted by Gasteiger charge is 2.30. The van der Waals surface area contributed by atoms with Crippen molar-refractivity contribution in [1.29, 1.82) is 5.26 Å². The minimum Gasteiger partial charge on any atom is -0.355 e. The van der Waals surface area contributed by atoms with Gasteiger partial charge in [-0.05, 0) is 75.1 Å². The molecule has 1 aromatic carbocycles. The van der Waals surface area contributed by atoms with Gasteiger partial charge in [0.05, 0.1) is 16.6 Å². The highest BCUT2D eigenvalue weighted by Crippen LogP contribution is 2.39. The summed E-state index contributed by atoms with van der Waals surface area (Å²) in [7, 11) is 0. The van der Waals surface area contributed by atoms with E-state index in [1.54, 1.807) is 0 Å². The van der Waals surface area contributed by atoms with Crippen LogP contribution in [0, 0.1) is 11.3 Å². The van der Waals surface area contributed by atoms with E-state index in [4.69, 9.17) is 4.98 Å². The van der Waals surface area contributed by atoms with Crippen LogP contribution in [0.4, 0.5) is 5.82 Å². The number of anilines is 1. The Labute approximate surface area is 154 Å². The van der Waals surface area contributed by atoms with Crippen molar-refractivity contribution in [1.82, 2.24) is 9.38 Å². The van der Waals surface area contributed by atoms with Crippen LogP contribution in [-0.2, 0) is 12.8 Å². The topological polar surface area (TPSA) is 44.3 Å². The van der Waals surface area contributed by atoms with E-state index >= 15 is 0 Å². The number of aromatic nitrogens is 2. The molecule has 4 nitrogen and oxygen atoms in total. The van der Waals surface area contributed by atoms with Gasteiger partial charge in [0.15, 0.2) is 5.65 Å². The number of rotatable bonds is 1. The van der Waals surface area contributed by atoms with Gasteiger partial charge >= 0.3 is 0 Å².